The molecule has 94 valence electrons. The Morgan fingerprint density at radius 3 is 3.06 bits per heavy atom. The zero-order chi connectivity index (χ0) is 12.1. The van der Waals surface area contributed by atoms with E-state index in [1.54, 1.807) is 0 Å². The fraction of sp³-hybridized carbons (Fsp3) is 0.636. The number of ether oxygens (including phenoxy) is 1. The third-order valence-electron chi connectivity index (χ3n) is 2.56. The highest BCUT2D eigenvalue weighted by Gasteiger charge is 2.20. The van der Waals surface area contributed by atoms with Gasteiger partial charge in [0, 0.05) is 19.8 Å². The number of hydrogen-bond acceptors (Lipinski definition) is 4. The van der Waals surface area contributed by atoms with Crippen molar-refractivity contribution in [3.05, 3.63) is 16.0 Å². The first-order valence-electron chi connectivity index (χ1n) is 5.75. The van der Waals surface area contributed by atoms with Crippen LogP contribution in [0.25, 0.3) is 0 Å². The minimum absolute atomic E-state index is 0.424. The molecule has 1 aromatic heterocycles. The van der Waals surface area contributed by atoms with Gasteiger partial charge in [0.05, 0.1) is 4.47 Å². The Balaban J connectivity index is 1.61. The van der Waals surface area contributed by atoms with Crippen LogP contribution < -0.4 is 5.32 Å². The van der Waals surface area contributed by atoms with Gasteiger partial charge >= 0.3 is 0 Å². The molecule has 0 aliphatic heterocycles. The van der Waals surface area contributed by atoms with Gasteiger partial charge < -0.3 is 10.1 Å². The summed E-state index contributed by atoms with van der Waals surface area (Å²) in [5.41, 5.74) is 0. The zero-order valence-electron chi connectivity index (χ0n) is 9.46. The van der Waals surface area contributed by atoms with Crippen LogP contribution in [-0.4, -0.2) is 29.7 Å². The van der Waals surface area contributed by atoms with Crippen LogP contribution in [0.3, 0.4) is 0 Å². The molecule has 0 aromatic carbocycles. The SMILES string of the molecule is Clc1ncnc(NCCCOCC2CC2)c1Br. The van der Waals surface area contributed by atoms with Crippen molar-refractivity contribution in [2.75, 3.05) is 25.1 Å². The highest BCUT2D eigenvalue weighted by Crippen LogP contribution is 2.28. The number of aromatic nitrogens is 2. The van der Waals surface area contributed by atoms with Gasteiger partial charge in [0.15, 0.2) is 0 Å². The molecule has 0 spiro atoms. The highest BCUT2D eigenvalue weighted by molar-refractivity contribution is 9.10. The van der Waals surface area contributed by atoms with Gasteiger partial charge in [-0.3, -0.25) is 0 Å². The van der Waals surface area contributed by atoms with Gasteiger partial charge in [0.25, 0.3) is 0 Å². The lowest BCUT2D eigenvalue weighted by molar-refractivity contribution is 0.124. The average Bonchev–Trinajstić information content (AvgIpc) is 3.12. The predicted molar refractivity (Wildman–Crippen MR) is 71.4 cm³/mol. The molecule has 1 aliphatic rings. The summed E-state index contributed by atoms with van der Waals surface area (Å²) in [7, 11) is 0. The Morgan fingerprint density at radius 1 is 1.47 bits per heavy atom. The molecule has 0 bridgehead atoms. The summed E-state index contributed by atoms with van der Waals surface area (Å²) < 4.78 is 6.25. The number of hydrogen-bond donors (Lipinski definition) is 1. The van der Waals surface area contributed by atoms with Gasteiger partial charge in [-0.2, -0.15) is 0 Å². The molecule has 1 aromatic rings. The van der Waals surface area contributed by atoms with Crippen molar-refractivity contribution < 1.29 is 4.74 Å². The number of halogens is 2. The Hall–Kier alpha value is -0.390. The van der Waals surface area contributed by atoms with Crippen LogP contribution in [0.2, 0.25) is 5.15 Å². The van der Waals surface area contributed by atoms with Crippen LogP contribution in [0.15, 0.2) is 10.8 Å². The fourth-order valence-electron chi connectivity index (χ4n) is 1.39. The van der Waals surface area contributed by atoms with Crippen LogP contribution in [-0.2, 0) is 4.74 Å². The van der Waals surface area contributed by atoms with E-state index in [0.717, 1.165) is 37.9 Å². The smallest absolute Gasteiger partial charge is 0.148 e. The third kappa shape index (κ3) is 4.41. The summed E-state index contributed by atoms with van der Waals surface area (Å²) in [6, 6.07) is 0. The van der Waals surface area contributed by atoms with E-state index in [4.69, 9.17) is 16.3 Å². The minimum atomic E-state index is 0.424. The molecule has 0 radical (unpaired) electrons. The van der Waals surface area contributed by atoms with E-state index in [1.165, 1.54) is 19.2 Å². The summed E-state index contributed by atoms with van der Waals surface area (Å²) >= 11 is 9.20. The number of nitrogens with one attached hydrogen (secondary N) is 1. The summed E-state index contributed by atoms with van der Waals surface area (Å²) in [6.07, 6.45) is 5.08. The van der Waals surface area contributed by atoms with Crippen molar-refractivity contribution in [2.45, 2.75) is 19.3 Å². The average molecular weight is 321 g/mol. The van der Waals surface area contributed by atoms with Crippen LogP contribution in [0.1, 0.15) is 19.3 Å². The highest BCUT2D eigenvalue weighted by atomic mass is 79.9. The van der Waals surface area contributed by atoms with E-state index in [-0.39, 0.29) is 0 Å². The largest absolute Gasteiger partial charge is 0.381 e. The summed E-state index contributed by atoms with van der Waals surface area (Å²) in [6.45, 7) is 2.53. The molecular formula is C11H15BrClN3O. The van der Waals surface area contributed by atoms with Crippen molar-refractivity contribution in [3.8, 4) is 0 Å². The Labute approximate surface area is 114 Å². The monoisotopic (exact) mass is 319 g/mol. The van der Waals surface area contributed by atoms with E-state index in [9.17, 15) is 0 Å². The standard InChI is InChI=1S/C11H15BrClN3O/c12-9-10(13)15-7-16-11(9)14-4-1-5-17-6-8-2-3-8/h7-8H,1-6H2,(H,14,15,16). The molecule has 0 unspecified atom stereocenters. The Morgan fingerprint density at radius 2 is 2.29 bits per heavy atom. The first kappa shape index (κ1) is 13.1. The van der Waals surface area contributed by atoms with Gasteiger partial charge in [-0.25, -0.2) is 9.97 Å². The van der Waals surface area contributed by atoms with Crippen molar-refractivity contribution in [1.82, 2.24) is 9.97 Å². The van der Waals surface area contributed by atoms with E-state index >= 15 is 0 Å². The molecule has 1 N–H and O–H groups in total. The van der Waals surface area contributed by atoms with Crippen LogP contribution in [0, 0.1) is 5.92 Å². The van der Waals surface area contributed by atoms with Crippen LogP contribution in [0.5, 0.6) is 0 Å². The number of anilines is 1. The maximum Gasteiger partial charge on any atom is 0.148 e. The molecule has 1 heterocycles. The molecule has 0 saturated heterocycles. The summed E-state index contributed by atoms with van der Waals surface area (Å²) in [5.74, 6) is 1.56. The van der Waals surface area contributed by atoms with E-state index < -0.39 is 0 Å². The molecule has 1 fully saturated rings. The van der Waals surface area contributed by atoms with Crippen LogP contribution in [0.4, 0.5) is 5.82 Å². The van der Waals surface area contributed by atoms with Gasteiger partial charge in [-0.05, 0) is 41.1 Å². The molecule has 2 rings (SSSR count). The molecule has 6 heteroatoms. The topological polar surface area (TPSA) is 47.0 Å². The zero-order valence-corrected chi connectivity index (χ0v) is 11.8. The van der Waals surface area contributed by atoms with Gasteiger partial charge in [0.1, 0.15) is 17.3 Å². The molecule has 4 nitrogen and oxygen atoms in total. The van der Waals surface area contributed by atoms with E-state index in [2.05, 4.69) is 31.2 Å². The normalized spacial score (nSPS) is 14.9. The van der Waals surface area contributed by atoms with Crippen molar-refractivity contribution >= 4 is 33.3 Å². The molecule has 0 atom stereocenters. The Kier molecular flexibility index (Phi) is 5.00. The minimum Gasteiger partial charge on any atom is -0.381 e. The fourth-order valence-corrected chi connectivity index (χ4v) is 1.87. The van der Waals surface area contributed by atoms with Gasteiger partial charge in [0.2, 0.25) is 0 Å². The molecule has 17 heavy (non-hydrogen) atoms. The van der Waals surface area contributed by atoms with E-state index in [0.29, 0.717) is 9.63 Å². The maximum atomic E-state index is 5.86. The number of rotatable bonds is 7. The van der Waals surface area contributed by atoms with Gasteiger partial charge in [-0.15, -0.1) is 0 Å². The van der Waals surface area contributed by atoms with Crippen LogP contribution >= 0.6 is 27.5 Å². The first-order chi connectivity index (χ1) is 8.27. The lowest BCUT2D eigenvalue weighted by Crippen LogP contribution is -2.08. The second-order valence-electron chi connectivity index (χ2n) is 4.13. The Bertz CT molecular complexity index is 374. The van der Waals surface area contributed by atoms with Crippen molar-refractivity contribution in [2.24, 2.45) is 5.92 Å². The lowest BCUT2D eigenvalue weighted by atomic mass is 10.4. The lowest BCUT2D eigenvalue weighted by Gasteiger charge is -2.08. The van der Waals surface area contributed by atoms with Crippen molar-refractivity contribution in [1.29, 1.82) is 0 Å². The van der Waals surface area contributed by atoms with Gasteiger partial charge in [-0.1, -0.05) is 11.6 Å². The molecule has 1 aliphatic carbocycles. The predicted octanol–water partition coefficient (Wildman–Crippen LogP) is 3.12. The summed E-state index contributed by atoms with van der Waals surface area (Å²) in [4.78, 5) is 7.97. The molecule has 1 saturated carbocycles. The van der Waals surface area contributed by atoms with E-state index in [1.807, 2.05) is 0 Å². The second-order valence-corrected chi connectivity index (χ2v) is 5.28. The maximum absolute atomic E-state index is 5.86. The molecular weight excluding hydrogens is 305 g/mol. The first-order valence-corrected chi connectivity index (χ1v) is 6.92. The summed E-state index contributed by atoms with van der Waals surface area (Å²) in [5, 5.41) is 3.62. The quantitative estimate of drug-likeness (QED) is 0.619. The van der Waals surface area contributed by atoms with Crippen molar-refractivity contribution in [3.63, 3.8) is 0 Å². The number of nitrogens with zero attached hydrogens (tertiary/aromatic N) is 2. The molecule has 0 amide bonds. The second kappa shape index (κ2) is 6.52. The third-order valence-corrected chi connectivity index (χ3v) is 3.82.